The summed E-state index contributed by atoms with van der Waals surface area (Å²) in [7, 11) is 0. The van der Waals surface area contributed by atoms with Gasteiger partial charge in [-0.3, -0.25) is 0 Å². The highest BCUT2D eigenvalue weighted by Crippen LogP contribution is 2.23. The van der Waals surface area contributed by atoms with E-state index >= 15 is 0 Å². The molecule has 3 aromatic rings. The lowest BCUT2D eigenvalue weighted by atomic mass is 10.1. The molecule has 0 fully saturated rings. The number of hydrogen-bond acceptors (Lipinski definition) is 4. The van der Waals surface area contributed by atoms with Crippen molar-refractivity contribution < 1.29 is 10.2 Å². The van der Waals surface area contributed by atoms with Crippen molar-refractivity contribution in [2.45, 2.75) is 25.4 Å². The predicted octanol–water partition coefficient (Wildman–Crippen LogP) is 2.37. The quantitative estimate of drug-likeness (QED) is 0.652. The Balaban J connectivity index is 1.92. The van der Waals surface area contributed by atoms with Crippen LogP contribution in [-0.2, 0) is 13.0 Å². The lowest BCUT2D eigenvalue weighted by Gasteiger charge is -2.14. The fraction of sp³-hybridized carbons (Fsp3) is 0.278. The second-order valence-electron chi connectivity index (χ2n) is 5.66. The summed E-state index contributed by atoms with van der Waals surface area (Å²) in [5, 5.41) is 18.5. The third-order valence-electron chi connectivity index (χ3n) is 3.95. The SMILES string of the molecule is NC(Cc1ccc(O)cc1)c1nc2ccccc2n1CCCO. The standard InChI is InChI=1S/C18H21N3O2/c19-15(12-13-6-8-14(23)9-7-13)18-20-16-4-1-2-5-17(16)21(18)10-3-11-22/h1-2,4-9,15,22-23H,3,10-12,19H2. The third-order valence-corrected chi connectivity index (χ3v) is 3.95. The van der Waals surface area contributed by atoms with Crippen molar-refractivity contribution >= 4 is 11.0 Å². The fourth-order valence-electron chi connectivity index (χ4n) is 2.82. The van der Waals surface area contributed by atoms with Crippen molar-refractivity contribution in [3.8, 4) is 5.75 Å². The molecule has 0 spiro atoms. The van der Waals surface area contributed by atoms with Crippen LogP contribution in [0.15, 0.2) is 48.5 Å². The Morgan fingerprint density at radius 1 is 1.09 bits per heavy atom. The number of aromatic nitrogens is 2. The molecule has 1 unspecified atom stereocenters. The minimum Gasteiger partial charge on any atom is -0.508 e. The van der Waals surface area contributed by atoms with Crippen LogP contribution < -0.4 is 5.73 Å². The summed E-state index contributed by atoms with van der Waals surface area (Å²) in [5.41, 5.74) is 9.40. The number of imidazole rings is 1. The van der Waals surface area contributed by atoms with E-state index in [1.807, 2.05) is 36.4 Å². The summed E-state index contributed by atoms with van der Waals surface area (Å²) >= 11 is 0. The van der Waals surface area contributed by atoms with Crippen LogP contribution in [0.1, 0.15) is 23.9 Å². The van der Waals surface area contributed by atoms with Crippen LogP contribution in [0.5, 0.6) is 5.75 Å². The van der Waals surface area contributed by atoms with E-state index in [9.17, 15) is 5.11 Å². The Morgan fingerprint density at radius 3 is 2.57 bits per heavy atom. The number of nitrogens with zero attached hydrogens (tertiary/aromatic N) is 2. The van der Waals surface area contributed by atoms with E-state index in [0.717, 1.165) is 22.4 Å². The van der Waals surface area contributed by atoms with E-state index in [1.165, 1.54) is 0 Å². The molecular formula is C18H21N3O2. The summed E-state index contributed by atoms with van der Waals surface area (Å²) in [6, 6.07) is 14.8. The number of fused-ring (bicyclic) bond motifs is 1. The van der Waals surface area contributed by atoms with Gasteiger partial charge in [0.1, 0.15) is 11.6 Å². The summed E-state index contributed by atoms with van der Waals surface area (Å²) < 4.78 is 2.09. The molecule has 0 radical (unpaired) electrons. The van der Waals surface area contributed by atoms with Gasteiger partial charge >= 0.3 is 0 Å². The first-order valence-electron chi connectivity index (χ1n) is 7.78. The molecule has 120 valence electrons. The third kappa shape index (κ3) is 3.36. The van der Waals surface area contributed by atoms with Crippen LogP contribution in [0.25, 0.3) is 11.0 Å². The van der Waals surface area contributed by atoms with Crippen molar-refractivity contribution in [3.05, 3.63) is 59.9 Å². The number of phenolic OH excluding ortho intramolecular Hbond substituents is 1. The van der Waals surface area contributed by atoms with Crippen LogP contribution in [0.3, 0.4) is 0 Å². The molecule has 0 saturated heterocycles. The van der Waals surface area contributed by atoms with E-state index < -0.39 is 0 Å². The molecule has 0 aliphatic carbocycles. The van der Waals surface area contributed by atoms with E-state index in [0.29, 0.717) is 19.4 Å². The van der Waals surface area contributed by atoms with Gasteiger partial charge in [-0.1, -0.05) is 24.3 Å². The molecule has 5 heteroatoms. The van der Waals surface area contributed by atoms with Crippen molar-refractivity contribution in [1.29, 1.82) is 0 Å². The van der Waals surface area contributed by atoms with Gasteiger partial charge in [0.15, 0.2) is 0 Å². The monoisotopic (exact) mass is 311 g/mol. The smallest absolute Gasteiger partial charge is 0.127 e. The number of rotatable bonds is 6. The fourth-order valence-corrected chi connectivity index (χ4v) is 2.82. The van der Waals surface area contributed by atoms with Gasteiger partial charge in [-0.2, -0.15) is 0 Å². The van der Waals surface area contributed by atoms with E-state index in [1.54, 1.807) is 12.1 Å². The molecule has 5 nitrogen and oxygen atoms in total. The normalized spacial score (nSPS) is 12.6. The number of nitrogens with two attached hydrogens (primary N) is 1. The molecule has 1 atom stereocenters. The molecule has 4 N–H and O–H groups in total. The average Bonchev–Trinajstić information content (AvgIpc) is 2.94. The minimum atomic E-state index is -0.245. The van der Waals surface area contributed by atoms with Gasteiger partial charge in [0, 0.05) is 13.2 Å². The molecule has 0 aliphatic heterocycles. The Bertz CT molecular complexity index is 781. The van der Waals surface area contributed by atoms with Gasteiger partial charge in [0.05, 0.1) is 17.1 Å². The van der Waals surface area contributed by atoms with Crippen molar-refractivity contribution in [2.24, 2.45) is 5.73 Å². The van der Waals surface area contributed by atoms with Gasteiger partial charge in [-0.15, -0.1) is 0 Å². The largest absolute Gasteiger partial charge is 0.508 e. The number of benzene rings is 2. The number of aryl methyl sites for hydroxylation is 1. The molecule has 1 heterocycles. The van der Waals surface area contributed by atoms with Gasteiger partial charge in [0.25, 0.3) is 0 Å². The lowest BCUT2D eigenvalue weighted by molar-refractivity contribution is 0.279. The number of aromatic hydroxyl groups is 1. The Kier molecular flexibility index (Phi) is 4.60. The zero-order valence-corrected chi connectivity index (χ0v) is 12.9. The first-order valence-corrected chi connectivity index (χ1v) is 7.78. The summed E-state index contributed by atoms with van der Waals surface area (Å²) in [6.45, 7) is 0.828. The second-order valence-corrected chi connectivity index (χ2v) is 5.66. The number of aliphatic hydroxyl groups excluding tert-OH is 1. The molecule has 0 aliphatic rings. The van der Waals surface area contributed by atoms with Crippen LogP contribution in [0, 0.1) is 0 Å². The molecule has 0 amide bonds. The van der Waals surface area contributed by atoms with Gasteiger partial charge < -0.3 is 20.5 Å². The Hall–Kier alpha value is -2.37. The second kappa shape index (κ2) is 6.81. The van der Waals surface area contributed by atoms with E-state index in [4.69, 9.17) is 10.8 Å². The van der Waals surface area contributed by atoms with Crippen molar-refractivity contribution in [3.63, 3.8) is 0 Å². The van der Waals surface area contributed by atoms with E-state index in [2.05, 4.69) is 9.55 Å². The first kappa shape index (κ1) is 15.5. The molecule has 0 saturated carbocycles. The van der Waals surface area contributed by atoms with Gasteiger partial charge in [-0.25, -0.2) is 4.98 Å². The number of phenols is 1. The zero-order valence-electron chi connectivity index (χ0n) is 12.9. The Labute approximate surface area is 135 Å². The highest BCUT2D eigenvalue weighted by Gasteiger charge is 2.17. The number of aliphatic hydroxyl groups is 1. The summed E-state index contributed by atoms with van der Waals surface area (Å²) in [4.78, 5) is 4.69. The highest BCUT2D eigenvalue weighted by atomic mass is 16.3. The molecule has 2 aromatic carbocycles. The maximum Gasteiger partial charge on any atom is 0.127 e. The van der Waals surface area contributed by atoms with Crippen LogP contribution in [0.4, 0.5) is 0 Å². The topological polar surface area (TPSA) is 84.3 Å². The summed E-state index contributed by atoms with van der Waals surface area (Å²) in [5.74, 6) is 1.07. The van der Waals surface area contributed by atoms with Gasteiger partial charge in [-0.05, 0) is 42.7 Å². The molecule has 3 rings (SSSR count). The molecule has 1 aromatic heterocycles. The van der Waals surface area contributed by atoms with Crippen molar-refractivity contribution in [2.75, 3.05) is 6.61 Å². The van der Waals surface area contributed by atoms with Crippen LogP contribution in [-0.4, -0.2) is 26.4 Å². The number of para-hydroxylation sites is 2. The zero-order chi connectivity index (χ0) is 16.2. The average molecular weight is 311 g/mol. The summed E-state index contributed by atoms with van der Waals surface area (Å²) in [6.07, 6.45) is 1.31. The van der Waals surface area contributed by atoms with E-state index in [-0.39, 0.29) is 18.4 Å². The highest BCUT2D eigenvalue weighted by molar-refractivity contribution is 5.76. The lowest BCUT2D eigenvalue weighted by Crippen LogP contribution is -2.19. The first-order chi connectivity index (χ1) is 11.2. The maximum absolute atomic E-state index is 9.37. The molecule has 23 heavy (non-hydrogen) atoms. The Morgan fingerprint density at radius 2 is 1.83 bits per heavy atom. The molecular weight excluding hydrogens is 290 g/mol. The minimum absolute atomic E-state index is 0.138. The predicted molar refractivity (Wildman–Crippen MR) is 90.2 cm³/mol. The van der Waals surface area contributed by atoms with Crippen LogP contribution >= 0.6 is 0 Å². The van der Waals surface area contributed by atoms with Crippen LogP contribution in [0.2, 0.25) is 0 Å². The van der Waals surface area contributed by atoms with Crippen molar-refractivity contribution in [1.82, 2.24) is 9.55 Å². The maximum atomic E-state index is 9.37. The van der Waals surface area contributed by atoms with Gasteiger partial charge in [0.2, 0.25) is 0 Å². The number of hydrogen-bond donors (Lipinski definition) is 3. The molecule has 0 bridgehead atoms.